The van der Waals surface area contributed by atoms with Crippen LogP contribution >= 0.6 is 0 Å². The first-order valence-corrected chi connectivity index (χ1v) is 12.8. The Balaban J connectivity index is 1.24. The molecule has 3 aromatic rings. The maximum atomic E-state index is 13.8. The summed E-state index contributed by atoms with van der Waals surface area (Å²) in [6, 6.07) is 14.1. The average Bonchev–Trinajstić information content (AvgIpc) is 2.94. The van der Waals surface area contributed by atoms with E-state index < -0.39 is 0 Å². The molecule has 1 N–H and O–H groups in total. The Bertz CT molecular complexity index is 1120. The lowest BCUT2D eigenvalue weighted by molar-refractivity contribution is 0.300. The number of ether oxygens (including phenoxy) is 1. The van der Waals surface area contributed by atoms with Gasteiger partial charge >= 0.3 is 0 Å². The van der Waals surface area contributed by atoms with Crippen LogP contribution in [0.1, 0.15) is 49.7 Å². The van der Waals surface area contributed by atoms with Gasteiger partial charge in [-0.3, -0.25) is 0 Å². The molecule has 0 bridgehead atoms. The van der Waals surface area contributed by atoms with Gasteiger partial charge < -0.3 is 14.5 Å². The largest absolute Gasteiger partial charge is 0.489 e. The number of hydrogen-bond acceptors (Lipinski definition) is 8. The minimum absolute atomic E-state index is 0.180. The van der Waals surface area contributed by atoms with Crippen molar-refractivity contribution >= 4 is 24.1 Å². The predicted molar refractivity (Wildman–Crippen MR) is 140 cm³/mol. The molecule has 1 aromatic heterocycles. The van der Waals surface area contributed by atoms with Crippen molar-refractivity contribution in [2.45, 2.75) is 45.1 Å². The van der Waals surface area contributed by atoms with Gasteiger partial charge in [-0.15, -0.1) is 0 Å². The fraction of sp³-hybridized carbons (Fsp3) is 0.407. The van der Waals surface area contributed by atoms with Gasteiger partial charge in [0.05, 0.1) is 6.21 Å². The van der Waals surface area contributed by atoms with Crippen LogP contribution < -0.4 is 20.0 Å². The van der Waals surface area contributed by atoms with Crippen LogP contribution in [0.3, 0.4) is 0 Å². The molecule has 2 aromatic carbocycles. The van der Waals surface area contributed by atoms with Crippen molar-refractivity contribution in [2.75, 3.05) is 41.4 Å². The van der Waals surface area contributed by atoms with Crippen molar-refractivity contribution in [2.24, 2.45) is 5.10 Å². The fourth-order valence-corrected chi connectivity index (χ4v) is 4.47. The molecule has 8 nitrogen and oxygen atoms in total. The molecule has 0 atom stereocenters. The number of rotatable bonds is 8. The Morgan fingerprint density at radius 3 is 2.03 bits per heavy atom. The topological polar surface area (TPSA) is 78.8 Å². The zero-order valence-electron chi connectivity index (χ0n) is 20.4. The third-order valence-corrected chi connectivity index (χ3v) is 6.50. The van der Waals surface area contributed by atoms with E-state index in [1.165, 1.54) is 18.9 Å². The van der Waals surface area contributed by atoms with E-state index in [-0.39, 0.29) is 12.4 Å². The number of hydrazone groups is 1. The number of piperidine rings is 2. The van der Waals surface area contributed by atoms with E-state index >= 15 is 0 Å². The van der Waals surface area contributed by atoms with Gasteiger partial charge in [-0.05, 0) is 74.4 Å². The maximum absolute atomic E-state index is 13.8. The van der Waals surface area contributed by atoms with E-state index in [1.807, 2.05) is 24.3 Å². The minimum atomic E-state index is -0.266. The van der Waals surface area contributed by atoms with E-state index in [9.17, 15) is 4.39 Å². The molecule has 5 rings (SSSR count). The smallest absolute Gasteiger partial charge is 0.250 e. The number of anilines is 3. The molecule has 188 valence electrons. The molecule has 9 heteroatoms. The average molecular weight is 490 g/mol. The molecule has 0 amide bonds. The van der Waals surface area contributed by atoms with Crippen molar-refractivity contribution in [1.82, 2.24) is 15.0 Å². The normalized spacial score (nSPS) is 16.4. The van der Waals surface area contributed by atoms with Crippen LogP contribution in [-0.4, -0.2) is 47.3 Å². The summed E-state index contributed by atoms with van der Waals surface area (Å²) in [4.78, 5) is 18.6. The first kappa shape index (κ1) is 24.0. The monoisotopic (exact) mass is 489 g/mol. The number of halogens is 1. The molecule has 2 fully saturated rings. The van der Waals surface area contributed by atoms with Gasteiger partial charge in [0, 0.05) is 31.7 Å². The second-order valence-corrected chi connectivity index (χ2v) is 9.17. The number of nitrogens with one attached hydrogen (secondary N) is 1. The highest BCUT2D eigenvalue weighted by molar-refractivity contribution is 5.80. The molecule has 36 heavy (non-hydrogen) atoms. The second-order valence-electron chi connectivity index (χ2n) is 9.17. The summed E-state index contributed by atoms with van der Waals surface area (Å²) in [5.74, 6) is 2.29. The number of benzene rings is 2. The van der Waals surface area contributed by atoms with Crippen molar-refractivity contribution in [3.05, 3.63) is 65.5 Å². The van der Waals surface area contributed by atoms with E-state index in [0.717, 1.165) is 69.3 Å². The van der Waals surface area contributed by atoms with Gasteiger partial charge in [0.1, 0.15) is 18.2 Å². The summed E-state index contributed by atoms with van der Waals surface area (Å²) in [6.07, 6.45) is 8.85. The van der Waals surface area contributed by atoms with Gasteiger partial charge in [0.15, 0.2) is 0 Å². The summed E-state index contributed by atoms with van der Waals surface area (Å²) in [7, 11) is 0. The third kappa shape index (κ3) is 6.27. The van der Waals surface area contributed by atoms with Gasteiger partial charge in [-0.1, -0.05) is 18.2 Å². The van der Waals surface area contributed by atoms with Crippen LogP contribution in [-0.2, 0) is 6.61 Å². The SMILES string of the molecule is Fc1ccccc1COc1ccc(/C=N\Nc2nc(N3CCCCC3)nc(N3CCCCC3)n2)cc1. The fourth-order valence-electron chi connectivity index (χ4n) is 4.47. The van der Waals surface area contributed by atoms with Crippen LogP contribution in [0.25, 0.3) is 0 Å². The van der Waals surface area contributed by atoms with Crippen molar-refractivity contribution in [1.29, 1.82) is 0 Å². The Morgan fingerprint density at radius 2 is 1.42 bits per heavy atom. The molecule has 2 aliphatic heterocycles. The molecule has 0 radical (unpaired) electrons. The Hall–Kier alpha value is -3.75. The molecule has 3 heterocycles. The lowest BCUT2D eigenvalue weighted by Gasteiger charge is -2.30. The van der Waals surface area contributed by atoms with Gasteiger partial charge in [-0.25, -0.2) is 9.82 Å². The molecule has 2 saturated heterocycles. The zero-order chi connectivity index (χ0) is 24.6. The van der Waals surface area contributed by atoms with Crippen LogP contribution in [0.4, 0.5) is 22.2 Å². The first-order valence-electron chi connectivity index (χ1n) is 12.8. The van der Waals surface area contributed by atoms with Crippen molar-refractivity contribution in [3.8, 4) is 5.75 Å². The van der Waals surface area contributed by atoms with Crippen LogP contribution in [0.15, 0.2) is 53.6 Å². The quantitative estimate of drug-likeness (QED) is 0.352. The molecule has 0 saturated carbocycles. The van der Waals surface area contributed by atoms with Gasteiger partial charge in [0.2, 0.25) is 17.8 Å². The Morgan fingerprint density at radius 1 is 0.806 bits per heavy atom. The summed E-state index contributed by atoms with van der Waals surface area (Å²) in [5, 5.41) is 4.36. The summed E-state index contributed by atoms with van der Waals surface area (Å²) in [6.45, 7) is 4.06. The third-order valence-electron chi connectivity index (χ3n) is 6.50. The lowest BCUT2D eigenvalue weighted by atomic mass is 10.1. The molecular formula is C27H32FN7O. The van der Waals surface area contributed by atoms with E-state index in [2.05, 4.69) is 30.3 Å². The summed E-state index contributed by atoms with van der Waals surface area (Å²) in [5.41, 5.74) is 4.42. The maximum Gasteiger partial charge on any atom is 0.250 e. The minimum Gasteiger partial charge on any atom is -0.489 e. The van der Waals surface area contributed by atoms with Gasteiger partial charge in [-0.2, -0.15) is 20.1 Å². The predicted octanol–water partition coefficient (Wildman–Crippen LogP) is 5.02. The summed E-state index contributed by atoms with van der Waals surface area (Å²) < 4.78 is 19.5. The molecule has 0 aliphatic carbocycles. The van der Waals surface area contributed by atoms with Gasteiger partial charge in [0.25, 0.3) is 0 Å². The molecule has 2 aliphatic rings. The first-order chi connectivity index (χ1) is 17.7. The van der Waals surface area contributed by atoms with E-state index in [4.69, 9.17) is 9.72 Å². The number of aromatic nitrogens is 3. The Kier molecular flexibility index (Phi) is 7.85. The highest BCUT2D eigenvalue weighted by Crippen LogP contribution is 2.22. The standard InChI is InChI=1S/C27H32FN7O/c28-24-10-4-3-9-22(24)20-36-23-13-11-21(12-14-23)19-29-33-25-30-26(34-15-5-1-6-16-34)32-27(31-25)35-17-7-2-8-18-35/h3-4,9-14,19H,1-2,5-8,15-18,20H2,(H,30,31,32,33)/b29-19-. The molecule has 0 unspecified atom stereocenters. The highest BCUT2D eigenvalue weighted by atomic mass is 19.1. The van der Waals surface area contributed by atoms with E-state index in [1.54, 1.807) is 24.4 Å². The van der Waals surface area contributed by atoms with Crippen LogP contribution in [0.2, 0.25) is 0 Å². The summed E-state index contributed by atoms with van der Waals surface area (Å²) >= 11 is 0. The number of nitrogens with zero attached hydrogens (tertiary/aromatic N) is 6. The lowest BCUT2D eigenvalue weighted by Crippen LogP contribution is -2.34. The van der Waals surface area contributed by atoms with Crippen molar-refractivity contribution in [3.63, 3.8) is 0 Å². The van der Waals surface area contributed by atoms with Crippen molar-refractivity contribution < 1.29 is 9.13 Å². The highest BCUT2D eigenvalue weighted by Gasteiger charge is 2.20. The molecular weight excluding hydrogens is 457 g/mol. The number of hydrogen-bond donors (Lipinski definition) is 1. The van der Waals surface area contributed by atoms with E-state index in [0.29, 0.717) is 17.3 Å². The van der Waals surface area contributed by atoms with Crippen LogP contribution in [0, 0.1) is 5.82 Å². The second kappa shape index (κ2) is 11.8. The van der Waals surface area contributed by atoms with Crippen LogP contribution in [0.5, 0.6) is 5.75 Å². The Labute approximate surface area is 211 Å². The molecule has 0 spiro atoms. The zero-order valence-corrected chi connectivity index (χ0v) is 20.4.